The van der Waals surface area contributed by atoms with Gasteiger partial charge in [-0.2, -0.15) is 0 Å². The molecule has 0 aliphatic heterocycles. The molecule has 0 amide bonds. The Morgan fingerprint density at radius 1 is 1.26 bits per heavy atom. The van der Waals surface area contributed by atoms with Gasteiger partial charge in [0.05, 0.1) is 0 Å². The monoisotopic (exact) mass is 276 g/mol. The van der Waals surface area contributed by atoms with Crippen LogP contribution < -0.4 is 0 Å². The molecule has 0 spiro atoms. The number of rotatable bonds is 5. The normalized spacial score (nSPS) is 23.2. The molecule has 2 rings (SSSR count). The van der Waals surface area contributed by atoms with Crippen LogP contribution in [0.25, 0.3) is 0 Å². The first-order valence-electron chi connectivity index (χ1n) is 7.20. The molecule has 0 saturated carbocycles. The average Bonchev–Trinajstić information content (AvgIpc) is 2.42. The van der Waals surface area contributed by atoms with Gasteiger partial charge in [0.25, 0.3) is 0 Å². The van der Waals surface area contributed by atoms with Crippen molar-refractivity contribution in [1.82, 2.24) is 0 Å². The summed E-state index contributed by atoms with van der Waals surface area (Å²) >= 11 is 1.91. The van der Waals surface area contributed by atoms with E-state index in [0.29, 0.717) is 6.61 Å². The zero-order valence-electron chi connectivity index (χ0n) is 12.0. The Kier molecular flexibility index (Phi) is 5.12. The Hall–Kier alpha value is -0.730. The molecule has 0 heterocycles. The topological polar surface area (TPSA) is 20.2 Å². The second kappa shape index (κ2) is 6.62. The maximum Gasteiger partial charge on any atom is 0.0431 e. The fourth-order valence-corrected chi connectivity index (χ4v) is 3.89. The molecule has 1 aliphatic rings. The van der Waals surface area contributed by atoms with Crippen LogP contribution in [0.2, 0.25) is 0 Å². The first-order chi connectivity index (χ1) is 9.14. The number of aliphatic hydroxyl groups is 1. The van der Waals surface area contributed by atoms with Crippen molar-refractivity contribution in [1.29, 1.82) is 0 Å². The van der Waals surface area contributed by atoms with Gasteiger partial charge >= 0.3 is 0 Å². The molecule has 0 bridgehead atoms. The van der Waals surface area contributed by atoms with E-state index in [1.807, 2.05) is 11.8 Å². The van der Waals surface area contributed by atoms with Crippen molar-refractivity contribution in [3.05, 3.63) is 40.8 Å². The highest BCUT2D eigenvalue weighted by Crippen LogP contribution is 2.48. The minimum Gasteiger partial charge on any atom is -0.396 e. The van der Waals surface area contributed by atoms with E-state index >= 15 is 0 Å². The Morgan fingerprint density at radius 2 is 2.00 bits per heavy atom. The Balaban J connectivity index is 2.11. The quantitative estimate of drug-likeness (QED) is 0.822. The van der Waals surface area contributed by atoms with Gasteiger partial charge in [-0.05, 0) is 61.5 Å². The number of allylic oxidation sites excluding steroid dienone is 2. The predicted octanol–water partition coefficient (Wildman–Crippen LogP) is 4.93. The summed E-state index contributed by atoms with van der Waals surface area (Å²) in [5.74, 6) is 0. The Morgan fingerprint density at radius 3 is 2.68 bits per heavy atom. The van der Waals surface area contributed by atoms with Crippen LogP contribution >= 0.6 is 11.8 Å². The number of aryl methyl sites for hydroxylation is 1. The predicted molar refractivity (Wildman–Crippen MR) is 83.4 cm³/mol. The number of hydrogen-bond acceptors (Lipinski definition) is 2. The minimum atomic E-state index is 0.260. The number of aliphatic hydroxyl groups excluding tert-OH is 1. The van der Waals surface area contributed by atoms with Crippen molar-refractivity contribution in [3.63, 3.8) is 0 Å². The van der Waals surface area contributed by atoms with Crippen molar-refractivity contribution in [2.75, 3.05) is 6.61 Å². The Labute approximate surface area is 121 Å². The van der Waals surface area contributed by atoms with Crippen molar-refractivity contribution < 1.29 is 5.11 Å². The first-order valence-corrected chi connectivity index (χ1v) is 8.02. The van der Waals surface area contributed by atoms with Crippen LogP contribution in [0.3, 0.4) is 0 Å². The fraction of sp³-hybridized carbons (Fsp3) is 0.529. The maximum absolute atomic E-state index is 9.09. The highest BCUT2D eigenvalue weighted by molar-refractivity contribution is 8.03. The van der Waals surface area contributed by atoms with Crippen molar-refractivity contribution in [2.45, 2.75) is 50.8 Å². The van der Waals surface area contributed by atoms with Gasteiger partial charge in [0.2, 0.25) is 0 Å². The van der Waals surface area contributed by atoms with E-state index in [2.05, 4.69) is 44.2 Å². The Bertz CT molecular complexity index is 435. The third-order valence-electron chi connectivity index (χ3n) is 3.99. The van der Waals surface area contributed by atoms with Gasteiger partial charge in [-0.15, -0.1) is 0 Å². The first kappa shape index (κ1) is 14.7. The molecule has 104 valence electrons. The van der Waals surface area contributed by atoms with Gasteiger partial charge < -0.3 is 5.11 Å². The van der Waals surface area contributed by atoms with E-state index in [-0.39, 0.29) is 5.41 Å². The maximum atomic E-state index is 9.09. The van der Waals surface area contributed by atoms with Crippen molar-refractivity contribution in [3.8, 4) is 0 Å². The van der Waals surface area contributed by atoms with Gasteiger partial charge in [0.1, 0.15) is 0 Å². The molecule has 1 nitrogen and oxygen atoms in total. The molecule has 19 heavy (non-hydrogen) atoms. The van der Waals surface area contributed by atoms with Crippen LogP contribution in [-0.2, 0) is 0 Å². The molecule has 0 radical (unpaired) electrons. The van der Waals surface area contributed by atoms with E-state index in [1.54, 1.807) is 0 Å². The van der Waals surface area contributed by atoms with Crippen LogP contribution in [0.4, 0.5) is 0 Å². The van der Waals surface area contributed by atoms with Gasteiger partial charge in [-0.1, -0.05) is 42.5 Å². The molecule has 1 aromatic carbocycles. The van der Waals surface area contributed by atoms with Crippen LogP contribution in [0.15, 0.2) is 40.1 Å². The van der Waals surface area contributed by atoms with Crippen LogP contribution in [0, 0.1) is 12.3 Å². The lowest BCUT2D eigenvalue weighted by Crippen LogP contribution is -2.21. The van der Waals surface area contributed by atoms with E-state index < -0.39 is 0 Å². The minimum absolute atomic E-state index is 0.260. The molecular formula is C17H24OS. The van der Waals surface area contributed by atoms with E-state index in [0.717, 1.165) is 12.8 Å². The summed E-state index contributed by atoms with van der Waals surface area (Å²) in [5, 5.41) is 9.09. The van der Waals surface area contributed by atoms with Crippen molar-refractivity contribution >= 4 is 11.8 Å². The molecule has 0 saturated heterocycles. The summed E-state index contributed by atoms with van der Waals surface area (Å²) in [6.45, 7) is 4.78. The molecular weight excluding hydrogens is 252 g/mol. The summed E-state index contributed by atoms with van der Waals surface area (Å²) in [6.07, 6.45) is 8.13. The number of thioether (sulfide) groups is 1. The highest BCUT2D eigenvalue weighted by Gasteiger charge is 2.30. The molecule has 1 atom stereocenters. The summed E-state index contributed by atoms with van der Waals surface area (Å²) in [4.78, 5) is 2.82. The van der Waals surface area contributed by atoms with Gasteiger partial charge in [-0.25, -0.2) is 0 Å². The number of benzene rings is 1. The molecule has 1 N–H and O–H groups in total. The second-order valence-electron chi connectivity index (χ2n) is 5.76. The van der Waals surface area contributed by atoms with Gasteiger partial charge in [0, 0.05) is 11.5 Å². The zero-order chi connectivity index (χ0) is 13.7. The smallest absolute Gasteiger partial charge is 0.0431 e. The highest BCUT2D eigenvalue weighted by atomic mass is 32.2. The lowest BCUT2D eigenvalue weighted by atomic mass is 9.77. The number of hydrogen-bond donors (Lipinski definition) is 1. The van der Waals surface area contributed by atoms with Gasteiger partial charge in [-0.3, -0.25) is 0 Å². The van der Waals surface area contributed by atoms with E-state index in [1.165, 1.54) is 34.6 Å². The summed E-state index contributed by atoms with van der Waals surface area (Å²) in [7, 11) is 0. The summed E-state index contributed by atoms with van der Waals surface area (Å²) in [5.41, 5.74) is 1.57. The third kappa shape index (κ3) is 3.87. The third-order valence-corrected chi connectivity index (χ3v) is 5.38. The zero-order valence-corrected chi connectivity index (χ0v) is 12.8. The fourth-order valence-electron chi connectivity index (χ4n) is 2.71. The van der Waals surface area contributed by atoms with Crippen molar-refractivity contribution in [2.24, 2.45) is 5.41 Å². The summed E-state index contributed by atoms with van der Waals surface area (Å²) < 4.78 is 0. The molecule has 0 fully saturated rings. The lowest BCUT2D eigenvalue weighted by molar-refractivity contribution is 0.242. The standard InChI is InChI=1S/C17H24OS/c1-14-7-9-15(10-8-14)19-16-6-3-4-11-17(16,2)12-5-13-18/h6-10,18H,3-5,11-13H2,1-2H3. The van der Waals surface area contributed by atoms with Crippen LogP contribution in [-0.4, -0.2) is 11.7 Å². The van der Waals surface area contributed by atoms with Gasteiger partial charge in [0.15, 0.2) is 0 Å². The second-order valence-corrected chi connectivity index (χ2v) is 6.88. The lowest BCUT2D eigenvalue weighted by Gasteiger charge is -2.35. The summed E-state index contributed by atoms with van der Waals surface area (Å²) in [6, 6.07) is 8.78. The molecule has 0 aromatic heterocycles. The SMILES string of the molecule is Cc1ccc(SC2=CCCCC2(C)CCCO)cc1. The largest absolute Gasteiger partial charge is 0.396 e. The van der Waals surface area contributed by atoms with E-state index in [9.17, 15) is 0 Å². The molecule has 2 heteroatoms. The molecule has 1 aliphatic carbocycles. The van der Waals surface area contributed by atoms with E-state index in [4.69, 9.17) is 5.11 Å². The molecule has 1 unspecified atom stereocenters. The van der Waals surface area contributed by atoms with Crippen LogP contribution in [0.1, 0.15) is 44.6 Å². The molecule has 1 aromatic rings. The van der Waals surface area contributed by atoms with Crippen LogP contribution in [0.5, 0.6) is 0 Å². The average molecular weight is 276 g/mol.